The van der Waals surface area contributed by atoms with E-state index in [4.69, 9.17) is 0 Å². The van der Waals surface area contributed by atoms with Gasteiger partial charge in [-0.25, -0.2) is 4.39 Å². The molecule has 1 aliphatic rings. The third kappa shape index (κ3) is 2.07. The maximum atomic E-state index is 13.1. The summed E-state index contributed by atoms with van der Waals surface area (Å²) in [6.07, 6.45) is 0.638. The molecular formula is C11H14FN. The van der Waals surface area contributed by atoms with Crippen LogP contribution in [0.1, 0.15) is 24.4 Å². The fourth-order valence-electron chi connectivity index (χ4n) is 1.81. The number of rotatable bonds is 1. The van der Waals surface area contributed by atoms with E-state index in [9.17, 15) is 4.39 Å². The quantitative estimate of drug-likeness (QED) is 0.698. The van der Waals surface area contributed by atoms with Gasteiger partial charge >= 0.3 is 0 Å². The lowest BCUT2D eigenvalue weighted by Gasteiger charge is -2.26. The normalized spacial score (nSPS) is 28.7. The SMILES string of the molecule is F[C@@H]1CCN[C@H](c2ccccc2)C1. The average Bonchev–Trinajstić information content (AvgIpc) is 2.19. The van der Waals surface area contributed by atoms with Crippen LogP contribution in [0.3, 0.4) is 0 Å². The fraction of sp³-hybridized carbons (Fsp3) is 0.455. The summed E-state index contributed by atoms with van der Waals surface area (Å²) in [7, 11) is 0. The molecule has 1 saturated heterocycles. The van der Waals surface area contributed by atoms with E-state index < -0.39 is 6.17 Å². The Hall–Kier alpha value is -0.890. The van der Waals surface area contributed by atoms with Gasteiger partial charge in [-0.2, -0.15) is 0 Å². The lowest BCUT2D eigenvalue weighted by molar-refractivity contribution is 0.224. The zero-order valence-corrected chi connectivity index (χ0v) is 7.54. The molecule has 1 fully saturated rings. The predicted octanol–water partition coefficient (Wildman–Crippen LogP) is 2.45. The predicted molar refractivity (Wildman–Crippen MR) is 51.3 cm³/mol. The molecule has 0 amide bonds. The van der Waals surface area contributed by atoms with Crippen molar-refractivity contribution in [1.29, 1.82) is 0 Å². The van der Waals surface area contributed by atoms with Gasteiger partial charge in [0.05, 0.1) is 0 Å². The van der Waals surface area contributed by atoms with Crippen LogP contribution in [0.5, 0.6) is 0 Å². The standard InChI is InChI=1S/C11H14FN/c12-10-6-7-13-11(8-10)9-4-2-1-3-5-9/h1-5,10-11,13H,6-8H2/t10-,11+/m1/s1. The minimum absolute atomic E-state index is 0.213. The summed E-state index contributed by atoms with van der Waals surface area (Å²) >= 11 is 0. The van der Waals surface area contributed by atoms with E-state index in [0.717, 1.165) is 6.54 Å². The van der Waals surface area contributed by atoms with E-state index in [1.54, 1.807) is 0 Å². The van der Waals surface area contributed by atoms with E-state index in [-0.39, 0.29) is 6.04 Å². The molecule has 1 heterocycles. The first-order chi connectivity index (χ1) is 6.36. The molecule has 2 heteroatoms. The number of piperidine rings is 1. The van der Waals surface area contributed by atoms with Gasteiger partial charge in [-0.05, 0) is 24.9 Å². The summed E-state index contributed by atoms with van der Waals surface area (Å²) in [6.45, 7) is 0.792. The maximum Gasteiger partial charge on any atom is 0.103 e. The zero-order valence-electron chi connectivity index (χ0n) is 7.54. The smallest absolute Gasteiger partial charge is 0.103 e. The Labute approximate surface area is 78.0 Å². The highest BCUT2D eigenvalue weighted by molar-refractivity contribution is 5.19. The van der Waals surface area contributed by atoms with Crippen LogP contribution in [0.25, 0.3) is 0 Å². The van der Waals surface area contributed by atoms with Gasteiger partial charge in [0, 0.05) is 6.04 Å². The number of nitrogens with one attached hydrogen (secondary N) is 1. The van der Waals surface area contributed by atoms with Gasteiger partial charge in [-0.1, -0.05) is 30.3 Å². The second-order valence-corrected chi connectivity index (χ2v) is 3.54. The molecule has 0 spiro atoms. The number of hydrogen-bond acceptors (Lipinski definition) is 1. The maximum absolute atomic E-state index is 13.1. The van der Waals surface area contributed by atoms with Crippen LogP contribution in [-0.2, 0) is 0 Å². The van der Waals surface area contributed by atoms with Crippen LogP contribution in [0.2, 0.25) is 0 Å². The van der Waals surface area contributed by atoms with Gasteiger partial charge in [-0.3, -0.25) is 0 Å². The van der Waals surface area contributed by atoms with Crippen molar-refractivity contribution in [3.8, 4) is 0 Å². The van der Waals surface area contributed by atoms with Crippen LogP contribution >= 0.6 is 0 Å². The van der Waals surface area contributed by atoms with Gasteiger partial charge in [-0.15, -0.1) is 0 Å². The molecule has 0 aliphatic carbocycles. The van der Waals surface area contributed by atoms with E-state index in [1.807, 2.05) is 18.2 Å². The summed E-state index contributed by atoms with van der Waals surface area (Å²) < 4.78 is 13.1. The van der Waals surface area contributed by atoms with Gasteiger partial charge in [0.1, 0.15) is 6.17 Å². The van der Waals surface area contributed by atoms with E-state index in [0.29, 0.717) is 12.8 Å². The summed E-state index contributed by atoms with van der Waals surface area (Å²) in [4.78, 5) is 0. The molecule has 2 rings (SSSR count). The number of halogens is 1. The van der Waals surface area contributed by atoms with Crippen LogP contribution < -0.4 is 5.32 Å². The minimum Gasteiger partial charge on any atom is -0.310 e. The molecule has 2 atom stereocenters. The molecular weight excluding hydrogens is 165 g/mol. The third-order valence-corrected chi connectivity index (χ3v) is 2.54. The van der Waals surface area contributed by atoms with E-state index in [1.165, 1.54) is 5.56 Å². The summed E-state index contributed by atoms with van der Waals surface area (Å²) in [5.74, 6) is 0. The van der Waals surface area contributed by atoms with Crippen molar-refractivity contribution in [2.45, 2.75) is 25.1 Å². The summed E-state index contributed by atoms with van der Waals surface area (Å²) in [5.41, 5.74) is 1.20. The van der Waals surface area contributed by atoms with Gasteiger partial charge in [0.15, 0.2) is 0 Å². The van der Waals surface area contributed by atoms with E-state index >= 15 is 0 Å². The van der Waals surface area contributed by atoms with Crippen molar-refractivity contribution in [2.24, 2.45) is 0 Å². The zero-order chi connectivity index (χ0) is 9.10. The van der Waals surface area contributed by atoms with Crippen LogP contribution in [-0.4, -0.2) is 12.7 Å². The first-order valence-corrected chi connectivity index (χ1v) is 4.78. The molecule has 1 nitrogen and oxygen atoms in total. The van der Waals surface area contributed by atoms with E-state index in [2.05, 4.69) is 17.4 Å². The fourth-order valence-corrected chi connectivity index (χ4v) is 1.81. The van der Waals surface area contributed by atoms with Crippen molar-refractivity contribution < 1.29 is 4.39 Å². The van der Waals surface area contributed by atoms with Gasteiger partial charge in [0.25, 0.3) is 0 Å². The minimum atomic E-state index is -0.633. The number of alkyl halides is 1. The molecule has 0 unspecified atom stereocenters. The Morgan fingerprint density at radius 1 is 1.23 bits per heavy atom. The summed E-state index contributed by atoms with van der Waals surface area (Å²) in [5, 5.41) is 3.33. The highest BCUT2D eigenvalue weighted by Crippen LogP contribution is 2.24. The molecule has 1 aromatic carbocycles. The van der Waals surface area contributed by atoms with Gasteiger partial charge < -0.3 is 5.32 Å². The molecule has 1 aliphatic heterocycles. The Morgan fingerprint density at radius 3 is 2.69 bits per heavy atom. The molecule has 13 heavy (non-hydrogen) atoms. The second-order valence-electron chi connectivity index (χ2n) is 3.54. The van der Waals surface area contributed by atoms with Crippen molar-refractivity contribution in [2.75, 3.05) is 6.54 Å². The number of hydrogen-bond donors (Lipinski definition) is 1. The highest BCUT2D eigenvalue weighted by Gasteiger charge is 2.21. The first kappa shape index (κ1) is 8.70. The Kier molecular flexibility index (Phi) is 2.60. The Morgan fingerprint density at radius 2 is 2.00 bits per heavy atom. The lowest BCUT2D eigenvalue weighted by Crippen LogP contribution is -2.32. The first-order valence-electron chi connectivity index (χ1n) is 4.78. The molecule has 1 aromatic rings. The molecule has 0 radical (unpaired) electrons. The second kappa shape index (κ2) is 3.88. The topological polar surface area (TPSA) is 12.0 Å². The van der Waals surface area contributed by atoms with Crippen molar-refractivity contribution in [3.63, 3.8) is 0 Å². The van der Waals surface area contributed by atoms with Crippen LogP contribution in [0.4, 0.5) is 4.39 Å². The lowest BCUT2D eigenvalue weighted by atomic mass is 9.96. The molecule has 0 saturated carbocycles. The third-order valence-electron chi connectivity index (χ3n) is 2.54. The molecule has 1 N–H and O–H groups in total. The molecule has 0 aromatic heterocycles. The van der Waals surface area contributed by atoms with Crippen LogP contribution in [0, 0.1) is 0 Å². The Bertz CT molecular complexity index is 260. The van der Waals surface area contributed by atoms with Crippen molar-refractivity contribution in [1.82, 2.24) is 5.32 Å². The summed E-state index contributed by atoms with van der Waals surface area (Å²) in [6, 6.07) is 10.3. The Balaban J connectivity index is 2.08. The number of benzene rings is 1. The van der Waals surface area contributed by atoms with Crippen molar-refractivity contribution in [3.05, 3.63) is 35.9 Å². The van der Waals surface area contributed by atoms with Crippen molar-refractivity contribution >= 4 is 0 Å². The average molecular weight is 179 g/mol. The van der Waals surface area contributed by atoms with Gasteiger partial charge in [0.2, 0.25) is 0 Å². The monoisotopic (exact) mass is 179 g/mol. The molecule has 0 bridgehead atoms. The largest absolute Gasteiger partial charge is 0.310 e. The van der Waals surface area contributed by atoms with Crippen LogP contribution in [0.15, 0.2) is 30.3 Å². The highest BCUT2D eigenvalue weighted by atomic mass is 19.1. The molecule has 70 valence electrons.